The Kier molecular flexibility index (Phi) is 4.84. The van der Waals surface area contributed by atoms with Gasteiger partial charge in [-0.2, -0.15) is 0 Å². The zero-order valence-electron chi connectivity index (χ0n) is 15.3. The molecule has 128 valence electrons. The van der Waals surface area contributed by atoms with Crippen molar-refractivity contribution in [2.24, 2.45) is 0 Å². The smallest absolute Gasteiger partial charge is 0.254 e. The van der Waals surface area contributed by atoms with Gasteiger partial charge in [-0.15, -0.1) is 0 Å². The van der Waals surface area contributed by atoms with Crippen LogP contribution in [0, 0.1) is 13.8 Å². The van der Waals surface area contributed by atoms with Gasteiger partial charge in [-0.3, -0.25) is 4.79 Å². The van der Waals surface area contributed by atoms with Crippen LogP contribution in [-0.4, -0.2) is 28.9 Å². The summed E-state index contributed by atoms with van der Waals surface area (Å²) in [4.78, 5) is 19.7. The van der Waals surface area contributed by atoms with Crippen molar-refractivity contribution in [3.05, 3.63) is 65.2 Å². The van der Waals surface area contributed by atoms with Crippen LogP contribution in [0.25, 0.3) is 22.2 Å². The molecule has 3 heteroatoms. The fraction of sp³-hybridized carbons (Fsp3) is 0.273. The van der Waals surface area contributed by atoms with Crippen molar-refractivity contribution in [3.63, 3.8) is 0 Å². The highest BCUT2D eigenvalue weighted by Gasteiger charge is 2.18. The lowest BCUT2D eigenvalue weighted by Crippen LogP contribution is -2.30. The second-order valence-electron chi connectivity index (χ2n) is 6.35. The highest BCUT2D eigenvalue weighted by molar-refractivity contribution is 6.07. The minimum Gasteiger partial charge on any atom is -0.339 e. The highest BCUT2D eigenvalue weighted by atomic mass is 16.2. The predicted molar refractivity (Wildman–Crippen MR) is 104 cm³/mol. The molecule has 2 aromatic carbocycles. The summed E-state index contributed by atoms with van der Waals surface area (Å²) in [6.45, 7) is 9.62. The summed E-state index contributed by atoms with van der Waals surface area (Å²) in [5.41, 5.74) is 5.95. The third-order valence-corrected chi connectivity index (χ3v) is 4.80. The number of carbonyl (C=O) groups is 1. The molecule has 0 radical (unpaired) electrons. The molecule has 0 bridgehead atoms. The molecule has 0 aliphatic rings. The van der Waals surface area contributed by atoms with Crippen molar-refractivity contribution in [1.29, 1.82) is 0 Å². The minimum absolute atomic E-state index is 0.0636. The Balaban J connectivity index is 2.21. The first-order valence-corrected chi connectivity index (χ1v) is 8.81. The number of carbonyl (C=O) groups excluding carboxylic acids is 1. The molecule has 0 unspecified atom stereocenters. The zero-order valence-corrected chi connectivity index (χ0v) is 15.3. The van der Waals surface area contributed by atoms with Crippen LogP contribution < -0.4 is 0 Å². The predicted octanol–water partition coefficient (Wildman–Crippen LogP) is 5.00. The van der Waals surface area contributed by atoms with Gasteiger partial charge in [0.25, 0.3) is 5.91 Å². The Morgan fingerprint density at radius 2 is 1.68 bits per heavy atom. The van der Waals surface area contributed by atoms with Gasteiger partial charge in [-0.05, 0) is 57.0 Å². The summed E-state index contributed by atoms with van der Waals surface area (Å²) in [5, 5.41) is 0.909. The summed E-state index contributed by atoms with van der Waals surface area (Å²) in [5.74, 6) is 0.0636. The second-order valence-corrected chi connectivity index (χ2v) is 6.35. The summed E-state index contributed by atoms with van der Waals surface area (Å²) in [7, 11) is 0. The van der Waals surface area contributed by atoms with Crippen molar-refractivity contribution >= 4 is 16.8 Å². The van der Waals surface area contributed by atoms with Crippen LogP contribution in [0.4, 0.5) is 0 Å². The molecule has 1 amide bonds. The Bertz CT molecular complexity index is 926. The summed E-state index contributed by atoms with van der Waals surface area (Å²) in [6.07, 6.45) is 0. The van der Waals surface area contributed by atoms with Gasteiger partial charge in [0.15, 0.2) is 0 Å². The monoisotopic (exact) mass is 332 g/mol. The average molecular weight is 332 g/mol. The van der Waals surface area contributed by atoms with Gasteiger partial charge >= 0.3 is 0 Å². The number of hydrogen-bond donors (Lipinski definition) is 0. The van der Waals surface area contributed by atoms with E-state index in [1.807, 2.05) is 49.1 Å². The summed E-state index contributed by atoms with van der Waals surface area (Å²) in [6, 6.07) is 16.1. The number of aromatic nitrogens is 1. The molecule has 0 atom stereocenters. The third kappa shape index (κ3) is 3.27. The van der Waals surface area contributed by atoms with Crippen molar-refractivity contribution in [3.8, 4) is 11.3 Å². The number of para-hydroxylation sites is 1. The van der Waals surface area contributed by atoms with Gasteiger partial charge in [-0.25, -0.2) is 4.98 Å². The number of aryl methyl sites for hydroxylation is 2. The van der Waals surface area contributed by atoms with Crippen molar-refractivity contribution in [2.45, 2.75) is 27.7 Å². The number of fused-ring (bicyclic) bond motifs is 1. The lowest BCUT2D eigenvalue weighted by Gasteiger charge is -2.20. The first-order valence-electron chi connectivity index (χ1n) is 8.81. The Hall–Kier alpha value is -2.68. The van der Waals surface area contributed by atoms with Crippen LogP contribution in [0.2, 0.25) is 0 Å². The maximum Gasteiger partial charge on any atom is 0.254 e. The van der Waals surface area contributed by atoms with E-state index in [4.69, 9.17) is 4.98 Å². The molecule has 3 rings (SSSR count). The molecule has 0 aliphatic carbocycles. The van der Waals surface area contributed by atoms with Crippen LogP contribution in [0.1, 0.15) is 35.3 Å². The molecule has 3 aromatic rings. The van der Waals surface area contributed by atoms with Crippen LogP contribution in [0.5, 0.6) is 0 Å². The van der Waals surface area contributed by atoms with Gasteiger partial charge in [0.2, 0.25) is 0 Å². The van der Waals surface area contributed by atoms with E-state index in [9.17, 15) is 4.79 Å². The molecule has 3 nitrogen and oxygen atoms in total. The molecule has 0 aliphatic heterocycles. The van der Waals surface area contributed by atoms with Gasteiger partial charge < -0.3 is 4.90 Å². The van der Waals surface area contributed by atoms with Crippen LogP contribution in [0.15, 0.2) is 48.5 Å². The normalized spacial score (nSPS) is 10.9. The van der Waals surface area contributed by atoms with E-state index in [-0.39, 0.29) is 5.91 Å². The Morgan fingerprint density at radius 1 is 0.960 bits per heavy atom. The molecule has 25 heavy (non-hydrogen) atoms. The third-order valence-electron chi connectivity index (χ3n) is 4.80. The molecule has 0 N–H and O–H groups in total. The maximum atomic E-state index is 13.0. The van der Waals surface area contributed by atoms with Gasteiger partial charge in [0.1, 0.15) is 0 Å². The van der Waals surface area contributed by atoms with Crippen molar-refractivity contribution in [1.82, 2.24) is 9.88 Å². The largest absolute Gasteiger partial charge is 0.339 e. The average Bonchev–Trinajstić information content (AvgIpc) is 2.64. The van der Waals surface area contributed by atoms with E-state index in [2.05, 4.69) is 32.0 Å². The summed E-state index contributed by atoms with van der Waals surface area (Å²) >= 11 is 0. The lowest BCUT2D eigenvalue weighted by molar-refractivity contribution is 0.0775. The number of benzene rings is 2. The van der Waals surface area contributed by atoms with Crippen LogP contribution in [-0.2, 0) is 0 Å². The number of rotatable bonds is 4. The van der Waals surface area contributed by atoms with E-state index >= 15 is 0 Å². The van der Waals surface area contributed by atoms with Gasteiger partial charge in [0, 0.05) is 24.0 Å². The van der Waals surface area contributed by atoms with E-state index in [0.29, 0.717) is 13.1 Å². The standard InChI is InChI=1S/C22H24N2O/c1-5-24(6-2)22(25)19-14-21(17-12-11-15(3)16(4)13-17)23-20-10-8-7-9-18(19)20/h7-14H,5-6H2,1-4H3. The fourth-order valence-electron chi connectivity index (χ4n) is 3.08. The highest BCUT2D eigenvalue weighted by Crippen LogP contribution is 2.27. The fourth-order valence-corrected chi connectivity index (χ4v) is 3.08. The Labute approximate surface area is 149 Å². The molecule has 0 fully saturated rings. The summed E-state index contributed by atoms with van der Waals surface area (Å²) < 4.78 is 0. The number of hydrogen-bond acceptors (Lipinski definition) is 2. The van der Waals surface area contributed by atoms with Gasteiger partial charge in [-0.1, -0.05) is 30.3 Å². The lowest BCUT2D eigenvalue weighted by atomic mass is 10.0. The molecule has 0 saturated carbocycles. The zero-order chi connectivity index (χ0) is 18.0. The van der Waals surface area contributed by atoms with Gasteiger partial charge in [0.05, 0.1) is 16.8 Å². The van der Waals surface area contributed by atoms with Crippen molar-refractivity contribution < 1.29 is 4.79 Å². The SMILES string of the molecule is CCN(CC)C(=O)c1cc(-c2ccc(C)c(C)c2)nc2ccccc12. The maximum absolute atomic E-state index is 13.0. The molecule has 0 spiro atoms. The first-order chi connectivity index (χ1) is 12.0. The van der Waals surface area contributed by atoms with Crippen LogP contribution in [0.3, 0.4) is 0 Å². The van der Waals surface area contributed by atoms with E-state index in [1.165, 1.54) is 11.1 Å². The van der Waals surface area contributed by atoms with Crippen molar-refractivity contribution in [2.75, 3.05) is 13.1 Å². The number of nitrogens with zero attached hydrogens (tertiary/aromatic N) is 2. The topological polar surface area (TPSA) is 33.2 Å². The van der Waals surface area contributed by atoms with E-state index < -0.39 is 0 Å². The second kappa shape index (κ2) is 7.06. The minimum atomic E-state index is 0.0636. The van der Waals surface area contributed by atoms with E-state index in [0.717, 1.165) is 27.7 Å². The molecular formula is C22H24N2O. The van der Waals surface area contributed by atoms with Crippen LogP contribution >= 0.6 is 0 Å². The Morgan fingerprint density at radius 3 is 2.36 bits per heavy atom. The number of amides is 1. The number of pyridine rings is 1. The molecular weight excluding hydrogens is 308 g/mol. The molecule has 1 aromatic heterocycles. The molecule has 1 heterocycles. The quantitative estimate of drug-likeness (QED) is 0.673. The first kappa shape index (κ1) is 17.2. The molecule has 0 saturated heterocycles. The van der Waals surface area contributed by atoms with E-state index in [1.54, 1.807) is 0 Å².